The summed E-state index contributed by atoms with van der Waals surface area (Å²) in [6, 6.07) is 5.85. The second-order valence-electron chi connectivity index (χ2n) is 5.04. The number of hydrogen-bond donors (Lipinski definition) is 1. The van der Waals surface area contributed by atoms with Crippen LogP contribution in [-0.2, 0) is 10.0 Å². The highest BCUT2D eigenvalue weighted by molar-refractivity contribution is 8.01. The van der Waals surface area contributed by atoms with Crippen molar-refractivity contribution in [1.29, 1.82) is 0 Å². The molecule has 0 atom stereocenters. The monoisotopic (exact) mass is 412 g/mol. The summed E-state index contributed by atoms with van der Waals surface area (Å²) in [5, 5.41) is 10.9. The first-order valence-corrected chi connectivity index (χ1v) is 11.1. The van der Waals surface area contributed by atoms with Crippen molar-refractivity contribution >= 4 is 44.2 Å². The Morgan fingerprint density at radius 3 is 2.50 bits per heavy atom. The minimum absolute atomic E-state index is 0.164. The Kier molecular flexibility index (Phi) is 7.33. The molecule has 0 saturated carbocycles. The number of anilines is 1. The van der Waals surface area contributed by atoms with E-state index in [1.807, 2.05) is 0 Å². The normalized spacial score (nSPS) is 11.5. The predicted octanol–water partition coefficient (Wildman–Crippen LogP) is 3.10. The Morgan fingerprint density at radius 1 is 1.27 bits per heavy atom. The van der Waals surface area contributed by atoms with Gasteiger partial charge in [0.25, 0.3) is 5.91 Å². The molecule has 1 heterocycles. The molecule has 0 saturated heterocycles. The average molecular weight is 413 g/mol. The third kappa shape index (κ3) is 4.91. The minimum Gasteiger partial charge on any atom is -0.296 e. The lowest BCUT2D eigenvalue weighted by molar-refractivity contribution is 0.102. The van der Waals surface area contributed by atoms with Crippen LogP contribution in [0.1, 0.15) is 24.2 Å². The Labute approximate surface area is 161 Å². The van der Waals surface area contributed by atoms with Crippen LogP contribution in [0.2, 0.25) is 0 Å². The lowest BCUT2D eigenvalue weighted by Crippen LogP contribution is -2.30. The van der Waals surface area contributed by atoms with E-state index in [1.54, 1.807) is 19.9 Å². The summed E-state index contributed by atoms with van der Waals surface area (Å²) in [5.41, 5.74) is 0.346. The molecule has 1 aromatic heterocycles. The lowest BCUT2D eigenvalue weighted by atomic mass is 10.2. The molecule has 0 bridgehead atoms. The molecule has 0 radical (unpaired) electrons. The van der Waals surface area contributed by atoms with Gasteiger partial charge in [-0.2, -0.15) is 4.31 Å². The van der Waals surface area contributed by atoms with Crippen LogP contribution in [-0.4, -0.2) is 47.7 Å². The quantitative estimate of drug-likeness (QED) is 0.386. The van der Waals surface area contributed by atoms with Gasteiger partial charge in [-0.3, -0.25) is 10.1 Å². The summed E-state index contributed by atoms with van der Waals surface area (Å²) in [5.74, 6) is 0.346. The van der Waals surface area contributed by atoms with E-state index in [0.717, 1.165) is 4.34 Å². The maximum Gasteiger partial charge on any atom is 0.257 e. The Balaban J connectivity index is 2.09. The third-order valence-corrected chi connectivity index (χ3v) is 7.44. The number of sulfonamides is 1. The number of carbonyl (C=O) groups is 1. The number of nitrogens with one attached hydrogen (secondary N) is 1. The number of aromatic nitrogens is 2. The molecule has 2 aromatic rings. The van der Waals surface area contributed by atoms with Gasteiger partial charge in [0, 0.05) is 24.4 Å². The highest BCUT2D eigenvalue weighted by Crippen LogP contribution is 2.25. The van der Waals surface area contributed by atoms with Crippen molar-refractivity contribution in [3.63, 3.8) is 0 Å². The fourth-order valence-corrected chi connectivity index (χ4v) is 5.08. The standard InChI is InChI=1S/C16H20N4O3S3/c1-4-11-24-16-19-18-15(25-16)17-14(21)12-7-9-13(10-8-12)26(22,23)20(5-2)6-3/h4,7-10H,1,5-6,11H2,2-3H3,(H,17,18,21). The second-order valence-corrected chi connectivity index (χ2v) is 9.22. The lowest BCUT2D eigenvalue weighted by Gasteiger charge is -2.18. The highest BCUT2D eigenvalue weighted by Gasteiger charge is 2.21. The smallest absolute Gasteiger partial charge is 0.257 e. The molecule has 1 amide bonds. The number of amides is 1. The van der Waals surface area contributed by atoms with Crippen LogP contribution >= 0.6 is 23.1 Å². The molecule has 1 aromatic carbocycles. The zero-order chi connectivity index (χ0) is 19.2. The highest BCUT2D eigenvalue weighted by atomic mass is 32.2. The summed E-state index contributed by atoms with van der Waals surface area (Å²) in [4.78, 5) is 12.5. The Bertz CT molecular complexity index is 859. The summed E-state index contributed by atoms with van der Waals surface area (Å²) in [6.07, 6.45) is 1.76. The average Bonchev–Trinajstić information content (AvgIpc) is 3.08. The zero-order valence-corrected chi connectivity index (χ0v) is 17.0. The van der Waals surface area contributed by atoms with Gasteiger partial charge in [-0.25, -0.2) is 8.42 Å². The van der Waals surface area contributed by atoms with Gasteiger partial charge in [-0.05, 0) is 24.3 Å². The molecule has 0 fully saturated rings. The molecular formula is C16H20N4O3S3. The van der Waals surface area contributed by atoms with E-state index < -0.39 is 10.0 Å². The van der Waals surface area contributed by atoms with Gasteiger partial charge in [0.2, 0.25) is 15.2 Å². The van der Waals surface area contributed by atoms with Crippen LogP contribution < -0.4 is 5.32 Å². The van der Waals surface area contributed by atoms with Gasteiger partial charge in [0.15, 0.2) is 4.34 Å². The second kappa shape index (κ2) is 9.26. The predicted molar refractivity (Wildman–Crippen MR) is 105 cm³/mol. The molecule has 2 rings (SSSR count). The van der Waals surface area contributed by atoms with Crippen LogP contribution in [0.4, 0.5) is 5.13 Å². The van der Waals surface area contributed by atoms with Crippen molar-refractivity contribution in [2.75, 3.05) is 24.2 Å². The van der Waals surface area contributed by atoms with Crippen molar-refractivity contribution in [3.8, 4) is 0 Å². The molecule has 0 aliphatic carbocycles. The van der Waals surface area contributed by atoms with Crippen LogP contribution in [0.3, 0.4) is 0 Å². The number of carbonyl (C=O) groups excluding carboxylic acids is 1. The first kappa shape index (κ1) is 20.6. The molecular weight excluding hydrogens is 392 g/mol. The van der Waals surface area contributed by atoms with Crippen LogP contribution in [0.15, 0.2) is 46.2 Å². The number of rotatable bonds is 9. The zero-order valence-electron chi connectivity index (χ0n) is 14.5. The van der Waals surface area contributed by atoms with Crippen LogP contribution in [0.25, 0.3) is 0 Å². The van der Waals surface area contributed by atoms with Crippen molar-refractivity contribution in [2.45, 2.75) is 23.1 Å². The van der Waals surface area contributed by atoms with E-state index in [2.05, 4.69) is 22.1 Å². The van der Waals surface area contributed by atoms with Crippen molar-refractivity contribution in [2.24, 2.45) is 0 Å². The van der Waals surface area contributed by atoms with Gasteiger partial charge in [-0.1, -0.05) is 43.0 Å². The van der Waals surface area contributed by atoms with Crippen molar-refractivity contribution in [3.05, 3.63) is 42.5 Å². The largest absolute Gasteiger partial charge is 0.296 e. The van der Waals surface area contributed by atoms with Crippen LogP contribution in [0, 0.1) is 0 Å². The number of thioether (sulfide) groups is 1. The first-order valence-electron chi connectivity index (χ1n) is 7.91. The van der Waals surface area contributed by atoms with E-state index in [0.29, 0.717) is 29.5 Å². The Hall–Kier alpha value is -1.75. The summed E-state index contributed by atoms with van der Waals surface area (Å²) in [6.45, 7) is 7.99. The number of benzene rings is 1. The van der Waals surface area contributed by atoms with Gasteiger partial charge in [0.05, 0.1) is 4.90 Å². The van der Waals surface area contributed by atoms with Gasteiger partial charge < -0.3 is 0 Å². The molecule has 0 aliphatic heterocycles. The fraction of sp³-hybridized carbons (Fsp3) is 0.312. The van der Waals surface area contributed by atoms with Gasteiger partial charge in [-0.15, -0.1) is 16.8 Å². The summed E-state index contributed by atoms with van der Waals surface area (Å²) >= 11 is 2.75. The van der Waals surface area contributed by atoms with Crippen LogP contribution in [0.5, 0.6) is 0 Å². The Morgan fingerprint density at radius 2 is 1.92 bits per heavy atom. The maximum absolute atomic E-state index is 12.5. The summed E-state index contributed by atoms with van der Waals surface area (Å²) in [7, 11) is -3.54. The van der Waals surface area contributed by atoms with Crippen molar-refractivity contribution < 1.29 is 13.2 Å². The molecule has 1 N–H and O–H groups in total. The van der Waals surface area contributed by atoms with E-state index in [-0.39, 0.29) is 10.8 Å². The molecule has 26 heavy (non-hydrogen) atoms. The van der Waals surface area contributed by atoms with E-state index >= 15 is 0 Å². The summed E-state index contributed by atoms with van der Waals surface area (Å²) < 4.78 is 27.0. The fourth-order valence-electron chi connectivity index (χ4n) is 2.11. The first-order chi connectivity index (χ1) is 12.4. The van der Waals surface area contributed by atoms with E-state index in [4.69, 9.17) is 0 Å². The maximum atomic E-state index is 12.5. The molecule has 0 unspecified atom stereocenters. The number of hydrogen-bond acceptors (Lipinski definition) is 7. The van der Waals surface area contributed by atoms with Gasteiger partial charge >= 0.3 is 0 Å². The topological polar surface area (TPSA) is 92.3 Å². The number of nitrogens with zero attached hydrogens (tertiary/aromatic N) is 3. The van der Waals surface area contributed by atoms with Gasteiger partial charge in [0.1, 0.15) is 0 Å². The minimum atomic E-state index is -3.54. The van der Waals surface area contributed by atoms with E-state index in [1.165, 1.54) is 51.7 Å². The molecule has 10 heteroatoms. The molecule has 0 spiro atoms. The van der Waals surface area contributed by atoms with Crippen molar-refractivity contribution in [1.82, 2.24) is 14.5 Å². The SMILES string of the molecule is C=CCSc1nnc(NC(=O)c2ccc(S(=O)(=O)N(CC)CC)cc2)s1. The molecule has 7 nitrogen and oxygen atoms in total. The molecule has 0 aliphatic rings. The van der Waals surface area contributed by atoms with E-state index in [9.17, 15) is 13.2 Å². The molecule has 140 valence electrons. The third-order valence-electron chi connectivity index (χ3n) is 3.41.